The van der Waals surface area contributed by atoms with Gasteiger partial charge in [0.25, 0.3) is 0 Å². The Hall–Kier alpha value is -2.73. The fourth-order valence-electron chi connectivity index (χ4n) is 2.62. The molecule has 124 valence electrons. The number of nitrogens with one attached hydrogen (secondary N) is 1. The zero-order valence-corrected chi connectivity index (χ0v) is 13.4. The van der Waals surface area contributed by atoms with E-state index in [4.69, 9.17) is 4.74 Å². The van der Waals surface area contributed by atoms with Gasteiger partial charge < -0.3 is 15.0 Å². The summed E-state index contributed by atoms with van der Waals surface area (Å²) in [6, 6.07) is 11.5. The standard InChI is InChI=1S/C18H19N3O3/c1-13-7-8-19-11-15(13)20-17(22)18(23)21-9-10-24-16(12-21)14-5-3-2-4-6-14/h2-8,11,16H,9-10,12H2,1H3,(H,20,22)/t16-/m0/s1. The van der Waals surface area contributed by atoms with Crippen molar-refractivity contribution >= 4 is 17.5 Å². The smallest absolute Gasteiger partial charge is 0.313 e. The molecule has 1 aliphatic rings. The Morgan fingerprint density at radius 2 is 2.04 bits per heavy atom. The SMILES string of the molecule is Cc1ccncc1NC(=O)C(=O)N1CCO[C@H](c2ccccc2)C1. The highest BCUT2D eigenvalue weighted by Crippen LogP contribution is 2.22. The summed E-state index contributed by atoms with van der Waals surface area (Å²) in [5, 5.41) is 2.63. The molecule has 6 nitrogen and oxygen atoms in total. The van der Waals surface area contributed by atoms with E-state index in [-0.39, 0.29) is 6.10 Å². The van der Waals surface area contributed by atoms with Crippen LogP contribution in [-0.2, 0) is 14.3 Å². The Labute approximate surface area is 140 Å². The maximum absolute atomic E-state index is 12.4. The average molecular weight is 325 g/mol. The second-order valence-electron chi connectivity index (χ2n) is 5.67. The first-order valence-electron chi connectivity index (χ1n) is 7.82. The predicted octanol–water partition coefficient (Wildman–Crippen LogP) is 1.93. The van der Waals surface area contributed by atoms with E-state index in [0.29, 0.717) is 25.4 Å². The van der Waals surface area contributed by atoms with Crippen LogP contribution < -0.4 is 5.32 Å². The normalized spacial score (nSPS) is 17.4. The van der Waals surface area contributed by atoms with Gasteiger partial charge in [0.15, 0.2) is 0 Å². The van der Waals surface area contributed by atoms with Crippen LogP contribution in [0.15, 0.2) is 48.8 Å². The third-order valence-corrected chi connectivity index (χ3v) is 4.01. The number of anilines is 1. The maximum Gasteiger partial charge on any atom is 0.313 e. The van der Waals surface area contributed by atoms with Crippen LogP contribution in [0.1, 0.15) is 17.2 Å². The number of aryl methyl sites for hydroxylation is 1. The lowest BCUT2D eigenvalue weighted by molar-refractivity contribution is -0.148. The van der Waals surface area contributed by atoms with Crippen molar-refractivity contribution in [1.82, 2.24) is 9.88 Å². The molecule has 1 aromatic heterocycles. The van der Waals surface area contributed by atoms with Crippen molar-refractivity contribution in [3.8, 4) is 0 Å². The predicted molar refractivity (Wildman–Crippen MR) is 89.3 cm³/mol. The van der Waals surface area contributed by atoms with Crippen LogP contribution in [0.4, 0.5) is 5.69 Å². The first kappa shape index (κ1) is 16.1. The van der Waals surface area contributed by atoms with Crippen molar-refractivity contribution in [1.29, 1.82) is 0 Å². The van der Waals surface area contributed by atoms with Gasteiger partial charge in [-0.15, -0.1) is 0 Å². The molecule has 1 saturated heterocycles. The molecule has 0 unspecified atom stereocenters. The molecule has 1 fully saturated rings. The molecule has 0 saturated carbocycles. The second kappa shape index (κ2) is 7.23. The second-order valence-corrected chi connectivity index (χ2v) is 5.67. The Morgan fingerprint density at radius 3 is 2.79 bits per heavy atom. The van der Waals surface area contributed by atoms with Gasteiger partial charge >= 0.3 is 11.8 Å². The summed E-state index contributed by atoms with van der Waals surface area (Å²) in [5.74, 6) is -1.21. The highest BCUT2D eigenvalue weighted by molar-refractivity contribution is 6.39. The number of hydrogen-bond acceptors (Lipinski definition) is 4. The number of amides is 2. The van der Waals surface area contributed by atoms with Crippen molar-refractivity contribution < 1.29 is 14.3 Å². The van der Waals surface area contributed by atoms with E-state index in [2.05, 4.69) is 10.3 Å². The van der Waals surface area contributed by atoms with Crippen molar-refractivity contribution in [2.24, 2.45) is 0 Å². The van der Waals surface area contributed by atoms with E-state index in [0.717, 1.165) is 11.1 Å². The Kier molecular flexibility index (Phi) is 4.86. The Morgan fingerprint density at radius 1 is 1.25 bits per heavy atom. The zero-order chi connectivity index (χ0) is 16.9. The van der Waals surface area contributed by atoms with Crippen molar-refractivity contribution in [2.45, 2.75) is 13.0 Å². The van der Waals surface area contributed by atoms with E-state index in [1.165, 1.54) is 11.1 Å². The van der Waals surface area contributed by atoms with Crippen LogP contribution in [0.5, 0.6) is 0 Å². The van der Waals surface area contributed by atoms with Gasteiger partial charge in [-0.25, -0.2) is 0 Å². The van der Waals surface area contributed by atoms with Gasteiger partial charge in [0.05, 0.1) is 25.0 Å². The summed E-state index contributed by atoms with van der Waals surface area (Å²) in [6.45, 7) is 3.02. The molecule has 0 spiro atoms. The minimum absolute atomic E-state index is 0.211. The summed E-state index contributed by atoms with van der Waals surface area (Å²) in [5.41, 5.74) is 2.40. The monoisotopic (exact) mass is 325 g/mol. The number of aromatic nitrogens is 1. The highest BCUT2D eigenvalue weighted by atomic mass is 16.5. The van der Waals surface area contributed by atoms with Crippen molar-refractivity contribution in [3.63, 3.8) is 0 Å². The molecule has 1 N–H and O–H groups in total. The van der Waals surface area contributed by atoms with Gasteiger partial charge in [0, 0.05) is 12.7 Å². The molecule has 6 heteroatoms. The quantitative estimate of drug-likeness (QED) is 0.857. The average Bonchev–Trinajstić information content (AvgIpc) is 2.64. The highest BCUT2D eigenvalue weighted by Gasteiger charge is 2.29. The molecular weight excluding hydrogens is 306 g/mol. The third-order valence-electron chi connectivity index (χ3n) is 4.01. The largest absolute Gasteiger partial charge is 0.370 e. The fourth-order valence-corrected chi connectivity index (χ4v) is 2.62. The summed E-state index contributed by atoms with van der Waals surface area (Å²) in [4.78, 5) is 30.2. The van der Waals surface area contributed by atoms with Crippen molar-refractivity contribution in [2.75, 3.05) is 25.0 Å². The van der Waals surface area contributed by atoms with Gasteiger partial charge in [-0.2, -0.15) is 0 Å². The molecule has 1 aliphatic heterocycles. The number of carbonyl (C=O) groups excluding carboxylic acids is 2. The van der Waals surface area contributed by atoms with E-state index >= 15 is 0 Å². The molecule has 1 aromatic carbocycles. The number of rotatable bonds is 2. The van der Waals surface area contributed by atoms with Crippen LogP contribution in [0.3, 0.4) is 0 Å². The summed E-state index contributed by atoms with van der Waals surface area (Å²) < 4.78 is 5.73. The molecule has 1 atom stereocenters. The molecule has 2 aromatic rings. The number of benzene rings is 1. The van der Waals surface area contributed by atoms with Gasteiger partial charge in [-0.05, 0) is 24.1 Å². The van der Waals surface area contributed by atoms with Gasteiger partial charge in [0.2, 0.25) is 0 Å². The van der Waals surface area contributed by atoms with Gasteiger partial charge in [-0.3, -0.25) is 14.6 Å². The lowest BCUT2D eigenvalue weighted by Gasteiger charge is -2.32. The molecule has 3 rings (SSSR count). The Balaban J connectivity index is 1.66. The van der Waals surface area contributed by atoms with Crippen LogP contribution in [0.2, 0.25) is 0 Å². The molecule has 2 heterocycles. The van der Waals surface area contributed by atoms with E-state index < -0.39 is 11.8 Å². The fraction of sp³-hybridized carbons (Fsp3) is 0.278. The van der Waals surface area contributed by atoms with E-state index in [1.807, 2.05) is 37.3 Å². The van der Waals surface area contributed by atoms with Crippen LogP contribution in [-0.4, -0.2) is 41.4 Å². The number of carbonyl (C=O) groups is 2. The first-order chi connectivity index (χ1) is 11.6. The maximum atomic E-state index is 12.4. The molecule has 24 heavy (non-hydrogen) atoms. The third kappa shape index (κ3) is 3.60. The summed E-state index contributed by atoms with van der Waals surface area (Å²) in [6.07, 6.45) is 2.96. The number of pyridine rings is 1. The number of hydrogen-bond donors (Lipinski definition) is 1. The van der Waals surface area contributed by atoms with E-state index in [9.17, 15) is 9.59 Å². The summed E-state index contributed by atoms with van der Waals surface area (Å²) in [7, 11) is 0. The number of morpholine rings is 1. The van der Waals surface area contributed by atoms with Crippen LogP contribution in [0.25, 0.3) is 0 Å². The minimum Gasteiger partial charge on any atom is -0.370 e. The molecule has 0 radical (unpaired) electrons. The zero-order valence-electron chi connectivity index (χ0n) is 13.4. The van der Waals surface area contributed by atoms with Gasteiger partial charge in [0.1, 0.15) is 6.10 Å². The molecule has 0 bridgehead atoms. The Bertz CT molecular complexity index is 733. The minimum atomic E-state index is -0.653. The topological polar surface area (TPSA) is 71.5 Å². The summed E-state index contributed by atoms with van der Waals surface area (Å²) >= 11 is 0. The number of ether oxygens (including phenoxy) is 1. The molecule has 2 amide bonds. The molecule has 0 aliphatic carbocycles. The molecular formula is C18H19N3O3. The number of nitrogens with zero attached hydrogens (tertiary/aromatic N) is 2. The van der Waals surface area contributed by atoms with Crippen LogP contribution in [0, 0.1) is 6.92 Å². The van der Waals surface area contributed by atoms with E-state index in [1.54, 1.807) is 12.3 Å². The lowest BCUT2D eigenvalue weighted by Crippen LogP contribution is -2.46. The lowest BCUT2D eigenvalue weighted by atomic mass is 10.1. The first-order valence-corrected chi connectivity index (χ1v) is 7.82. The van der Waals surface area contributed by atoms with Gasteiger partial charge in [-0.1, -0.05) is 30.3 Å². The van der Waals surface area contributed by atoms with Crippen molar-refractivity contribution in [3.05, 3.63) is 59.9 Å². The van der Waals surface area contributed by atoms with Crippen LogP contribution >= 0.6 is 0 Å².